The van der Waals surface area contributed by atoms with Gasteiger partial charge >= 0.3 is 5.97 Å². The number of carbonyl (C=O) groups is 2. The highest BCUT2D eigenvalue weighted by Gasteiger charge is 2.11. The monoisotopic (exact) mass is 238 g/mol. The zero-order valence-electron chi connectivity index (χ0n) is 9.47. The molecule has 0 unspecified atom stereocenters. The number of aromatic nitrogens is 1. The second-order valence-corrected chi connectivity index (χ2v) is 3.67. The Kier molecular flexibility index (Phi) is 4.45. The minimum atomic E-state index is -0.887. The number of hydrogen-bond acceptors (Lipinski definition) is 3. The van der Waals surface area contributed by atoms with E-state index in [1.807, 2.05) is 0 Å². The summed E-state index contributed by atoms with van der Waals surface area (Å²) in [6.07, 6.45) is 1.81. The highest BCUT2D eigenvalue weighted by Crippen LogP contribution is 2.01. The molecule has 17 heavy (non-hydrogen) atoms. The Bertz CT molecular complexity index is 467. The summed E-state index contributed by atoms with van der Waals surface area (Å²) >= 11 is 0. The molecule has 0 saturated heterocycles. The van der Waals surface area contributed by atoms with E-state index in [9.17, 15) is 14.4 Å². The van der Waals surface area contributed by atoms with Crippen LogP contribution in [0.3, 0.4) is 0 Å². The first-order valence-electron chi connectivity index (χ1n) is 5.16. The van der Waals surface area contributed by atoms with Gasteiger partial charge < -0.3 is 15.0 Å². The zero-order chi connectivity index (χ0) is 12.8. The Morgan fingerprint density at radius 1 is 1.47 bits per heavy atom. The number of aliphatic carboxylic acids is 1. The number of hydrogen-bond donors (Lipinski definition) is 2. The number of amides is 1. The summed E-state index contributed by atoms with van der Waals surface area (Å²) in [7, 11) is 1.57. The number of carboxylic acids is 1. The molecule has 1 aromatic heterocycles. The first-order chi connectivity index (χ1) is 8.00. The highest BCUT2D eigenvalue weighted by atomic mass is 16.4. The first kappa shape index (κ1) is 13.0. The van der Waals surface area contributed by atoms with Crippen LogP contribution in [0.1, 0.15) is 23.2 Å². The van der Waals surface area contributed by atoms with Crippen LogP contribution in [0.5, 0.6) is 0 Å². The van der Waals surface area contributed by atoms with Gasteiger partial charge in [0.25, 0.3) is 5.91 Å². The van der Waals surface area contributed by atoms with Gasteiger partial charge in [0.2, 0.25) is 5.56 Å². The zero-order valence-corrected chi connectivity index (χ0v) is 9.47. The fourth-order valence-corrected chi connectivity index (χ4v) is 1.37. The topological polar surface area (TPSA) is 90.5 Å². The molecule has 0 fully saturated rings. The van der Waals surface area contributed by atoms with Crippen LogP contribution < -0.4 is 5.56 Å². The van der Waals surface area contributed by atoms with Gasteiger partial charge in [-0.25, -0.2) is 0 Å². The van der Waals surface area contributed by atoms with Crippen molar-refractivity contribution >= 4 is 11.9 Å². The van der Waals surface area contributed by atoms with Crippen LogP contribution in [0, 0.1) is 0 Å². The first-order valence-corrected chi connectivity index (χ1v) is 5.16. The average Bonchev–Trinajstić information content (AvgIpc) is 2.27. The van der Waals surface area contributed by atoms with Crippen molar-refractivity contribution in [3.05, 3.63) is 34.2 Å². The molecule has 1 rings (SSSR count). The maximum Gasteiger partial charge on any atom is 0.303 e. The number of aromatic amines is 1. The Morgan fingerprint density at radius 3 is 2.76 bits per heavy atom. The largest absolute Gasteiger partial charge is 0.481 e. The lowest BCUT2D eigenvalue weighted by Crippen LogP contribution is -2.29. The summed E-state index contributed by atoms with van der Waals surface area (Å²) in [5, 5.41) is 8.47. The predicted octanol–water partition coefficient (Wildman–Crippen LogP) is 0.312. The maximum absolute atomic E-state index is 11.8. The minimum absolute atomic E-state index is 0.0208. The molecule has 1 amide bonds. The number of nitrogens with zero attached hydrogens (tertiary/aromatic N) is 1. The van der Waals surface area contributed by atoms with Gasteiger partial charge in [0.15, 0.2) is 0 Å². The number of carboxylic acid groups (broad SMARTS) is 1. The summed E-state index contributed by atoms with van der Waals surface area (Å²) in [5.74, 6) is -1.18. The maximum atomic E-state index is 11.8. The van der Waals surface area contributed by atoms with Crippen molar-refractivity contribution in [3.8, 4) is 0 Å². The third-order valence-electron chi connectivity index (χ3n) is 2.25. The molecule has 0 saturated carbocycles. The summed E-state index contributed by atoms with van der Waals surface area (Å²) in [5.41, 5.74) is -0.0404. The van der Waals surface area contributed by atoms with Gasteiger partial charge in [0, 0.05) is 37.8 Å². The van der Waals surface area contributed by atoms with E-state index < -0.39 is 5.97 Å². The van der Waals surface area contributed by atoms with Gasteiger partial charge in [-0.3, -0.25) is 14.4 Å². The minimum Gasteiger partial charge on any atom is -0.481 e. The van der Waals surface area contributed by atoms with Gasteiger partial charge in [-0.1, -0.05) is 0 Å². The number of rotatable bonds is 5. The van der Waals surface area contributed by atoms with E-state index in [0.29, 0.717) is 18.5 Å². The molecule has 0 atom stereocenters. The van der Waals surface area contributed by atoms with Crippen LogP contribution in [0.4, 0.5) is 0 Å². The number of H-pyrrole nitrogens is 1. The third kappa shape index (κ3) is 4.10. The van der Waals surface area contributed by atoms with Crippen LogP contribution >= 0.6 is 0 Å². The third-order valence-corrected chi connectivity index (χ3v) is 2.25. The second kappa shape index (κ2) is 5.83. The number of pyridine rings is 1. The molecule has 2 N–H and O–H groups in total. The van der Waals surface area contributed by atoms with Gasteiger partial charge in [-0.15, -0.1) is 0 Å². The molecular formula is C11H14N2O4. The molecule has 0 aromatic carbocycles. The van der Waals surface area contributed by atoms with Crippen molar-refractivity contribution in [3.63, 3.8) is 0 Å². The van der Waals surface area contributed by atoms with Crippen molar-refractivity contribution in [2.24, 2.45) is 0 Å². The predicted molar refractivity (Wildman–Crippen MR) is 60.9 cm³/mol. The Morgan fingerprint density at radius 2 is 2.18 bits per heavy atom. The molecular weight excluding hydrogens is 224 g/mol. The van der Waals surface area contributed by atoms with Crippen molar-refractivity contribution in [2.75, 3.05) is 13.6 Å². The van der Waals surface area contributed by atoms with E-state index in [2.05, 4.69) is 4.98 Å². The molecule has 0 aliphatic heterocycles. The van der Waals surface area contributed by atoms with E-state index in [-0.39, 0.29) is 17.9 Å². The summed E-state index contributed by atoms with van der Waals surface area (Å²) in [6.45, 7) is 0.345. The highest BCUT2D eigenvalue weighted by molar-refractivity contribution is 5.93. The lowest BCUT2D eigenvalue weighted by Gasteiger charge is -2.16. The molecule has 0 aliphatic rings. The molecule has 92 valence electrons. The van der Waals surface area contributed by atoms with Crippen molar-refractivity contribution < 1.29 is 14.7 Å². The fraction of sp³-hybridized carbons (Fsp3) is 0.364. The Labute approximate surface area is 97.9 Å². The lowest BCUT2D eigenvalue weighted by atomic mass is 10.2. The number of carbonyl (C=O) groups excluding carboxylic acids is 1. The van der Waals surface area contributed by atoms with E-state index in [1.54, 1.807) is 7.05 Å². The van der Waals surface area contributed by atoms with Gasteiger partial charge in [0.05, 0.1) is 0 Å². The van der Waals surface area contributed by atoms with Gasteiger partial charge in [-0.05, 0) is 12.5 Å². The van der Waals surface area contributed by atoms with Crippen molar-refractivity contribution in [1.82, 2.24) is 9.88 Å². The van der Waals surface area contributed by atoms with E-state index in [4.69, 9.17) is 5.11 Å². The quantitative estimate of drug-likeness (QED) is 0.772. The van der Waals surface area contributed by atoms with Gasteiger partial charge in [-0.2, -0.15) is 0 Å². The summed E-state index contributed by atoms with van der Waals surface area (Å²) < 4.78 is 0. The lowest BCUT2D eigenvalue weighted by molar-refractivity contribution is -0.137. The normalized spacial score (nSPS) is 9.94. The molecule has 6 nitrogen and oxygen atoms in total. The molecule has 0 spiro atoms. The SMILES string of the molecule is CN(CCCC(=O)O)C(=O)c1cc[nH]c(=O)c1. The smallest absolute Gasteiger partial charge is 0.303 e. The fourth-order valence-electron chi connectivity index (χ4n) is 1.37. The number of nitrogens with one attached hydrogen (secondary N) is 1. The molecule has 6 heteroatoms. The Hall–Kier alpha value is -2.11. The average molecular weight is 238 g/mol. The van der Waals surface area contributed by atoms with Crippen molar-refractivity contribution in [2.45, 2.75) is 12.8 Å². The van der Waals surface area contributed by atoms with E-state index in [1.165, 1.54) is 23.2 Å². The standard InChI is InChI=1S/C11H14N2O4/c1-13(6-2-3-10(15)16)11(17)8-4-5-12-9(14)7-8/h4-5,7H,2-3,6H2,1H3,(H,12,14)(H,15,16). The molecule has 0 radical (unpaired) electrons. The van der Waals surface area contributed by atoms with Crippen LogP contribution in [0.15, 0.2) is 23.1 Å². The summed E-state index contributed by atoms with van der Waals surface area (Å²) in [4.78, 5) is 37.0. The van der Waals surface area contributed by atoms with E-state index >= 15 is 0 Å². The van der Waals surface area contributed by atoms with Crippen molar-refractivity contribution in [1.29, 1.82) is 0 Å². The molecule has 0 aliphatic carbocycles. The van der Waals surface area contributed by atoms with Gasteiger partial charge in [0.1, 0.15) is 0 Å². The molecule has 1 aromatic rings. The molecule has 1 heterocycles. The summed E-state index contributed by atoms with van der Waals surface area (Å²) in [6, 6.07) is 2.73. The second-order valence-electron chi connectivity index (χ2n) is 3.67. The van der Waals surface area contributed by atoms with Crippen LogP contribution in [-0.2, 0) is 4.79 Å². The van der Waals surface area contributed by atoms with E-state index in [0.717, 1.165) is 0 Å². The Balaban J connectivity index is 2.58. The van der Waals surface area contributed by atoms with Crippen LogP contribution in [0.2, 0.25) is 0 Å². The van der Waals surface area contributed by atoms with Crippen LogP contribution in [0.25, 0.3) is 0 Å². The van der Waals surface area contributed by atoms with Crippen LogP contribution in [-0.4, -0.2) is 40.5 Å². The molecule has 0 bridgehead atoms.